The van der Waals surface area contributed by atoms with Crippen LogP contribution in [0.15, 0.2) is 28.9 Å². The van der Waals surface area contributed by atoms with Crippen LogP contribution in [0.2, 0.25) is 10.0 Å². The van der Waals surface area contributed by atoms with Crippen LogP contribution in [0.1, 0.15) is 18.0 Å². The number of nitrogens with zero attached hydrogens (tertiary/aromatic N) is 1. The highest BCUT2D eigenvalue weighted by molar-refractivity contribution is 6.36. The van der Waals surface area contributed by atoms with Gasteiger partial charge in [-0.3, -0.25) is 4.79 Å². The van der Waals surface area contributed by atoms with Gasteiger partial charge in [0.2, 0.25) is 5.91 Å². The second-order valence-corrected chi connectivity index (χ2v) is 4.87. The topological polar surface area (TPSA) is 55.1 Å². The first-order valence-corrected chi connectivity index (χ1v) is 6.46. The third-order valence-electron chi connectivity index (χ3n) is 2.48. The highest BCUT2D eigenvalue weighted by atomic mass is 35.5. The number of carbonyl (C=O) groups is 1. The van der Waals surface area contributed by atoms with Crippen molar-refractivity contribution >= 4 is 34.8 Å². The normalized spacial score (nSPS) is 10.5. The smallest absolute Gasteiger partial charge is 0.224 e. The van der Waals surface area contributed by atoms with Crippen LogP contribution in [-0.4, -0.2) is 10.9 Å². The Labute approximate surface area is 120 Å². The molecule has 1 aromatic carbocycles. The lowest BCUT2D eigenvalue weighted by Gasteiger charge is -2.06. The Morgan fingerprint density at radius 1 is 1.42 bits per heavy atom. The molecule has 1 N–H and O–H groups in total. The van der Waals surface area contributed by atoms with Gasteiger partial charge in [-0.2, -0.15) is 0 Å². The van der Waals surface area contributed by atoms with E-state index in [-0.39, 0.29) is 5.91 Å². The van der Waals surface area contributed by atoms with Gasteiger partial charge in [0.1, 0.15) is 6.26 Å². The molecule has 0 fully saturated rings. The Bertz CT molecular complexity index is 596. The number of nitrogens with one attached hydrogen (secondary N) is 1. The molecule has 1 amide bonds. The molecule has 0 radical (unpaired) electrons. The molecule has 0 saturated heterocycles. The van der Waals surface area contributed by atoms with Gasteiger partial charge in [-0.05, 0) is 18.2 Å². The van der Waals surface area contributed by atoms with E-state index in [9.17, 15) is 4.79 Å². The summed E-state index contributed by atoms with van der Waals surface area (Å²) in [6.45, 7) is 1.76. The average Bonchev–Trinajstić information content (AvgIpc) is 2.76. The molecule has 2 aromatic rings. The molecule has 0 aliphatic rings. The number of aryl methyl sites for hydroxylation is 2. The largest absolute Gasteiger partial charge is 0.449 e. The van der Waals surface area contributed by atoms with Crippen LogP contribution in [0.25, 0.3) is 0 Å². The number of carbonyl (C=O) groups excluding carboxylic acids is 1. The van der Waals surface area contributed by atoms with E-state index >= 15 is 0 Å². The van der Waals surface area contributed by atoms with Gasteiger partial charge in [0, 0.05) is 24.8 Å². The van der Waals surface area contributed by atoms with Crippen molar-refractivity contribution in [2.75, 3.05) is 5.32 Å². The van der Waals surface area contributed by atoms with Crippen molar-refractivity contribution in [2.45, 2.75) is 19.8 Å². The predicted molar refractivity (Wildman–Crippen MR) is 74.7 cm³/mol. The summed E-state index contributed by atoms with van der Waals surface area (Å²) >= 11 is 11.7. The minimum absolute atomic E-state index is 0.134. The fraction of sp³-hybridized carbons (Fsp3) is 0.231. The molecule has 0 atom stereocenters. The van der Waals surface area contributed by atoms with Gasteiger partial charge in [0.05, 0.1) is 16.4 Å². The van der Waals surface area contributed by atoms with Gasteiger partial charge in [0.15, 0.2) is 5.89 Å². The molecule has 4 nitrogen and oxygen atoms in total. The highest BCUT2D eigenvalue weighted by Crippen LogP contribution is 2.25. The first kappa shape index (κ1) is 13.9. The zero-order valence-corrected chi connectivity index (χ0v) is 11.8. The number of rotatable bonds is 4. The van der Waals surface area contributed by atoms with Gasteiger partial charge in [-0.15, -0.1) is 0 Å². The van der Waals surface area contributed by atoms with Crippen molar-refractivity contribution in [1.29, 1.82) is 0 Å². The molecule has 0 spiro atoms. The van der Waals surface area contributed by atoms with Crippen molar-refractivity contribution in [1.82, 2.24) is 4.98 Å². The second kappa shape index (κ2) is 6.08. The Kier molecular flexibility index (Phi) is 4.45. The summed E-state index contributed by atoms with van der Waals surface area (Å²) in [6, 6.07) is 4.92. The quantitative estimate of drug-likeness (QED) is 0.932. The van der Waals surface area contributed by atoms with Gasteiger partial charge in [0.25, 0.3) is 0 Å². The van der Waals surface area contributed by atoms with Crippen molar-refractivity contribution < 1.29 is 9.21 Å². The first-order chi connectivity index (χ1) is 9.04. The number of hydrogen-bond donors (Lipinski definition) is 1. The van der Waals surface area contributed by atoms with Crippen molar-refractivity contribution in [2.24, 2.45) is 0 Å². The average molecular weight is 299 g/mol. The van der Waals surface area contributed by atoms with E-state index < -0.39 is 0 Å². The Morgan fingerprint density at radius 2 is 2.21 bits per heavy atom. The minimum atomic E-state index is -0.134. The third kappa shape index (κ3) is 3.98. The maximum Gasteiger partial charge on any atom is 0.224 e. The summed E-state index contributed by atoms with van der Waals surface area (Å²) in [5, 5.41) is 3.67. The number of benzene rings is 1. The summed E-state index contributed by atoms with van der Waals surface area (Å²) in [5.74, 6) is 0.459. The lowest BCUT2D eigenvalue weighted by Crippen LogP contribution is -2.12. The maximum absolute atomic E-state index is 11.8. The summed E-state index contributed by atoms with van der Waals surface area (Å²) in [4.78, 5) is 15.9. The van der Waals surface area contributed by atoms with E-state index in [0.717, 1.165) is 5.69 Å². The Balaban J connectivity index is 1.90. The number of amides is 1. The van der Waals surface area contributed by atoms with E-state index in [1.54, 1.807) is 31.4 Å². The van der Waals surface area contributed by atoms with Crippen molar-refractivity contribution in [3.8, 4) is 0 Å². The third-order valence-corrected chi connectivity index (χ3v) is 3.03. The van der Waals surface area contributed by atoms with Gasteiger partial charge in [-0.1, -0.05) is 23.2 Å². The maximum atomic E-state index is 11.8. The summed E-state index contributed by atoms with van der Waals surface area (Å²) < 4.78 is 5.07. The Hall–Kier alpha value is -1.52. The molecule has 0 saturated carbocycles. The molecule has 0 unspecified atom stereocenters. The minimum Gasteiger partial charge on any atom is -0.449 e. The number of halogens is 2. The summed E-state index contributed by atoms with van der Waals surface area (Å²) in [5.41, 5.74) is 1.31. The van der Waals surface area contributed by atoms with Crippen LogP contribution in [-0.2, 0) is 11.2 Å². The summed E-state index contributed by atoms with van der Waals surface area (Å²) in [6.07, 6.45) is 2.39. The van der Waals surface area contributed by atoms with E-state index in [4.69, 9.17) is 27.6 Å². The molecule has 1 aromatic heterocycles. The number of oxazole rings is 1. The van der Waals surface area contributed by atoms with Gasteiger partial charge >= 0.3 is 0 Å². The van der Waals surface area contributed by atoms with Crippen LogP contribution < -0.4 is 5.32 Å². The lowest BCUT2D eigenvalue weighted by atomic mass is 10.2. The van der Waals surface area contributed by atoms with E-state index in [2.05, 4.69) is 10.3 Å². The van der Waals surface area contributed by atoms with Crippen LogP contribution in [0, 0.1) is 6.92 Å². The number of aromatic nitrogens is 1. The monoisotopic (exact) mass is 298 g/mol. The molecule has 2 rings (SSSR count). The second-order valence-electron chi connectivity index (χ2n) is 4.03. The zero-order valence-electron chi connectivity index (χ0n) is 10.2. The fourth-order valence-corrected chi connectivity index (χ4v) is 2.02. The van der Waals surface area contributed by atoms with E-state index in [1.165, 1.54) is 0 Å². The predicted octanol–water partition coefficient (Wildman–Crippen LogP) is 3.86. The molecule has 19 heavy (non-hydrogen) atoms. The highest BCUT2D eigenvalue weighted by Gasteiger charge is 2.08. The molecule has 0 aliphatic heterocycles. The molecule has 1 heterocycles. The standard InChI is InChI=1S/C13H12Cl2N2O2/c1-8-16-10(7-19-8)3-5-13(18)17-12-4-2-9(14)6-11(12)15/h2,4,6-7H,3,5H2,1H3,(H,17,18). The van der Waals surface area contributed by atoms with Crippen LogP contribution in [0.3, 0.4) is 0 Å². The SMILES string of the molecule is Cc1nc(CCC(=O)Nc2ccc(Cl)cc2Cl)co1. The van der Waals surface area contributed by atoms with Crippen molar-refractivity contribution in [3.05, 3.63) is 46.1 Å². The molecular weight excluding hydrogens is 287 g/mol. The zero-order chi connectivity index (χ0) is 13.8. The lowest BCUT2D eigenvalue weighted by molar-refractivity contribution is -0.116. The van der Waals surface area contributed by atoms with Crippen LogP contribution in [0.5, 0.6) is 0 Å². The Morgan fingerprint density at radius 3 is 2.84 bits per heavy atom. The first-order valence-electron chi connectivity index (χ1n) is 5.70. The molecule has 6 heteroatoms. The van der Waals surface area contributed by atoms with Crippen molar-refractivity contribution in [3.63, 3.8) is 0 Å². The van der Waals surface area contributed by atoms with E-state index in [1.807, 2.05) is 0 Å². The van der Waals surface area contributed by atoms with Gasteiger partial charge < -0.3 is 9.73 Å². The van der Waals surface area contributed by atoms with E-state index in [0.29, 0.717) is 34.5 Å². The number of hydrogen-bond acceptors (Lipinski definition) is 3. The van der Waals surface area contributed by atoms with Gasteiger partial charge in [-0.25, -0.2) is 4.98 Å². The number of anilines is 1. The molecular formula is C13H12Cl2N2O2. The molecule has 100 valence electrons. The van der Waals surface area contributed by atoms with Crippen LogP contribution >= 0.6 is 23.2 Å². The summed E-state index contributed by atoms with van der Waals surface area (Å²) in [7, 11) is 0. The molecule has 0 aliphatic carbocycles. The fourth-order valence-electron chi connectivity index (χ4n) is 1.57. The molecule has 0 bridgehead atoms. The van der Waals surface area contributed by atoms with Crippen LogP contribution in [0.4, 0.5) is 5.69 Å².